The summed E-state index contributed by atoms with van der Waals surface area (Å²) in [6.07, 6.45) is 3.36. The Morgan fingerprint density at radius 1 is 1.53 bits per heavy atom. The van der Waals surface area contributed by atoms with E-state index >= 15 is 0 Å². The highest BCUT2D eigenvalue weighted by atomic mass is 32.1. The number of hydrazine groups is 1. The number of thiophene rings is 1. The molecule has 0 aromatic carbocycles. The van der Waals surface area contributed by atoms with E-state index in [-0.39, 0.29) is 11.6 Å². The zero-order valence-corrected chi connectivity index (χ0v) is 10.0. The average Bonchev–Trinajstić information content (AvgIpc) is 2.90. The molecule has 17 heavy (non-hydrogen) atoms. The van der Waals surface area contributed by atoms with Crippen molar-refractivity contribution < 1.29 is 4.79 Å². The highest BCUT2D eigenvalue weighted by Gasteiger charge is 2.13. The maximum absolute atomic E-state index is 11.6. The maximum Gasteiger partial charge on any atom is 0.328 e. The molecule has 3 N–H and O–H groups in total. The minimum atomic E-state index is -0.334. The Labute approximate surface area is 101 Å². The van der Waals surface area contributed by atoms with Crippen molar-refractivity contribution in [2.45, 2.75) is 6.54 Å². The molecule has 2 heterocycles. The molecule has 2 aromatic rings. The molecule has 2 rings (SSSR count). The summed E-state index contributed by atoms with van der Waals surface area (Å²) in [6, 6.07) is 1.81. The van der Waals surface area contributed by atoms with E-state index in [1.165, 1.54) is 20.5 Å². The van der Waals surface area contributed by atoms with Crippen LogP contribution in [0.25, 0.3) is 0 Å². The predicted molar refractivity (Wildman–Crippen MR) is 64.7 cm³/mol. The van der Waals surface area contributed by atoms with E-state index in [4.69, 9.17) is 5.84 Å². The molecule has 0 spiro atoms. The first-order valence-electron chi connectivity index (χ1n) is 4.92. The number of nitrogens with one attached hydrogen (secondary N) is 1. The zero-order chi connectivity index (χ0) is 12.4. The number of aromatic nitrogens is 2. The highest BCUT2D eigenvalue weighted by molar-refractivity contribution is 7.12. The molecule has 0 bridgehead atoms. The monoisotopic (exact) mass is 252 g/mol. The molecule has 0 aliphatic carbocycles. The molecule has 0 unspecified atom stereocenters. The Morgan fingerprint density at radius 3 is 2.88 bits per heavy atom. The van der Waals surface area contributed by atoms with Crippen LogP contribution in [0, 0.1) is 0 Å². The second-order valence-corrected chi connectivity index (χ2v) is 4.48. The van der Waals surface area contributed by atoms with Crippen LogP contribution in [0.3, 0.4) is 0 Å². The lowest BCUT2D eigenvalue weighted by molar-refractivity contribution is 0.0957. The summed E-state index contributed by atoms with van der Waals surface area (Å²) in [4.78, 5) is 23.6. The van der Waals surface area contributed by atoms with Gasteiger partial charge in [-0.3, -0.25) is 14.8 Å². The SMILES string of the molecule is Cn1ccn(Cc2ccsc2C(=O)NN)c1=O. The third-order valence-corrected chi connectivity index (χ3v) is 3.40. The number of aryl methyl sites for hydroxylation is 1. The van der Waals surface area contributed by atoms with Gasteiger partial charge in [-0.15, -0.1) is 11.3 Å². The van der Waals surface area contributed by atoms with E-state index in [0.717, 1.165) is 5.56 Å². The van der Waals surface area contributed by atoms with Gasteiger partial charge in [-0.1, -0.05) is 0 Å². The molecule has 1 amide bonds. The van der Waals surface area contributed by atoms with Gasteiger partial charge in [0.15, 0.2) is 0 Å². The number of nitrogens with two attached hydrogens (primary N) is 1. The summed E-state index contributed by atoms with van der Waals surface area (Å²) in [5.74, 6) is 4.76. The van der Waals surface area contributed by atoms with Crippen LogP contribution in [-0.2, 0) is 13.6 Å². The predicted octanol–water partition coefficient (Wildman–Crippen LogP) is -0.0999. The Kier molecular flexibility index (Phi) is 3.12. The van der Waals surface area contributed by atoms with Gasteiger partial charge >= 0.3 is 5.69 Å². The Balaban J connectivity index is 2.31. The number of nitrogens with zero attached hydrogens (tertiary/aromatic N) is 2. The topological polar surface area (TPSA) is 82.1 Å². The van der Waals surface area contributed by atoms with Crippen LogP contribution in [0.15, 0.2) is 28.6 Å². The number of rotatable bonds is 3. The van der Waals surface area contributed by atoms with E-state index in [9.17, 15) is 9.59 Å². The fourth-order valence-electron chi connectivity index (χ4n) is 1.54. The molecule has 7 heteroatoms. The Hall–Kier alpha value is -1.86. The normalized spacial score (nSPS) is 10.5. The largest absolute Gasteiger partial charge is 0.328 e. The number of hydrogen-bond acceptors (Lipinski definition) is 4. The number of carbonyl (C=O) groups excluding carboxylic acids is 1. The molecule has 0 saturated heterocycles. The minimum Gasteiger partial charge on any atom is -0.302 e. The van der Waals surface area contributed by atoms with Crippen molar-refractivity contribution in [3.8, 4) is 0 Å². The number of carbonyl (C=O) groups is 1. The van der Waals surface area contributed by atoms with Crippen molar-refractivity contribution in [2.24, 2.45) is 12.9 Å². The second-order valence-electron chi connectivity index (χ2n) is 3.57. The number of amides is 1. The van der Waals surface area contributed by atoms with E-state index in [0.29, 0.717) is 11.4 Å². The molecule has 6 nitrogen and oxygen atoms in total. The van der Waals surface area contributed by atoms with E-state index in [1.807, 2.05) is 6.07 Å². The van der Waals surface area contributed by atoms with E-state index in [2.05, 4.69) is 5.43 Å². The number of hydrogen-bond donors (Lipinski definition) is 2. The molecule has 0 fully saturated rings. The molecule has 2 aromatic heterocycles. The summed E-state index contributed by atoms with van der Waals surface area (Å²) in [5.41, 5.74) is 2.76. The molecule has 0 atom stereocenters. The lowest BCUT2D eigenvalue weighted by atomic mass is 10.2. The minimum absolute atomic E-state index is 0.115. The third kappa shape index (κ3) is 2.15. The van der Waals surface area contributed by atoms with Gasteiger partial charge in [-0.25, -0.2) is 10.6 Å². The summed E-state index contributed by atoms with van der Waals surface area (Å²) in [5, 5.41) is 1.80. The maximum atomic E-state index is 11.6. The van der Waals surface area contributed by atoms with Crippen LogP contribution in [-0.4, -0.2) is 15.0 Å². The molecule has 0 saturated carbocycles. The average molecular weight is 252 g/mol. The van der Waals surface area contributed by atoms with Gasteiger partial charge in [0, 0.05) is 19.4 Å². The molecule has 0 aliphatic rings. The van der Waals surface area contributed by atoms with E-state index < -0.39 is 0 Å². The molecular weight excluding hydrogens is 240 g/mol. The molecular formula is C10H12N4O2S. The van der Waals surface area contributed by atoms with E-state index in [1.54, 1.807) is 24.8 Å². The molecule has 0 aliphatic heterocycles. The lowest BCUT2D eigenvalue weighted by Crippen LogP contribution is -2.30. The van der Waals surface area contributed by atoms with Crippen LogP contribution >= 0.6 is 11.3 Å². The van der Waals surface area contributed by atoms with Gasteiger partial charge in [-0.05, 0) is 17.0 Å². The fraction of sp³-hybridized carbons (Fsp3) is 0.200. The summed E-state index contributed by atoms with van der Waals surface area (Å²) in [6.45, 7) is 0.367. The van der Waals surface area contributed by atoms with Crippen molar-refractivity contribution in [3.63, 3.8) is 0 Å². The quantitative estimate of drug-likeness (QED) is 0.454. The van der Waals surface area contributed by atoms with Gasteiger partial charge in [-0.2, -0.15) is 0 Å². The highest BCUT2D eigenvalue weighted by Crippen LogP contribution is 2.17. The molecule has 90 valence electrons. The molecule has 0 radical (unpaired) electrons. The summed E-state index contributed by atoms with van der Waals surface area (Å²) >= 11 is 1.30. The summed E-state index contributed by atoms with van der Waals surface area (Å²) in [7, 11) is 1.68. The van der Waals surface area contributed by atoms with Gasteiger partial charge in [0.1, 0.15) is 0 Å². The third-order valence-electron chi connectivity index (χ3n) is 2.44. The van der Waals surface area contributed by atoms with Crippen molar-refractivity contribution in [1.82, 2.24) is 14.6 Å². The first-order valence-corrected chi connectivity index (χ1v) is 5.80. The Morgan fingerprint density at radius 2 is 2.29 bits per heavy atom. The smallest absolute Gasteiger partial charge is 0.302 e. The van der Waals surface area contributed by atoms with Gasteiger partial charge in [0.05, 0.1) is 11.4 Å². The van der Waals surface area contributed by atoms with Crippen molar-refractivity contribution in [1.29, 1.82) is 0 Å². The van der Waals surface area contributed by atoms with Crippen LogP contribution in [0.5, 0.6) is 0 Å². The van der Waals surface area contributed by atoms with Crippen LogP contribution in [0.2, 0.25) is 0 Å². The fourth-order valence-corrected chi connectivity index (χ4v) is 2.36. The zero-order valence-electron chi connectivity index (χ0n) is 9.21. The van der Waals surface area contributed by atoms with Crippen LogP contribution in [0.1, 0.15) is 15.2 Å². The Bertz CT molecular complexity index is 595. The van der Waals surface area contributed by atoms with Crippen molar-refractivity contribution in [2.75, 3.05) is 0 Å². The van der Waals surface area contributed by atoms with Crippen molar-refractivity contribution >= 4 is 17.2 Å². The first-order chi connectivity index (χ1) is 8.13. The van der Waals surface area contributed by atoms with Gasteiger partial charge in [0.2, 0.25) is 0 Å². The van der Waals surface area contributed by atoms with Crippen molar-refractivity contribution in [3.05, 3.63) is 44.8 Å². The lowest BCUT2D eigenvalue weighted by Gasteiger charge is -2.02. The first kappa shape index (κ1) is 11.6. The standard InChI is InChI=1S/C10H12N4O2S/c1-13-3-4-14(10(13)16)6-7-2-5-17-8(7)9(15)12-11/h2-5H,6,11H2,1H3,(H,12,15). The summed E-state index contributed by atoms with van der Waals surface area (Å²) < 4.78 is 3.02. The van der Waals surface area contributed by atoms with Gasteiger partial charge in [0.25, 0.3) is 5.91 Å². The number of imidazole rings is 1. The van der Waals surface area contributed by atoms with Crippen LogP contribution < -0.4 is 17.0 Å². The van der Waals surface area contributed by atoms with Gasteiger partial charge < -0.3 is 4.57 Å². The second kappa shape index (κ2) is 4.56. The number of nitrogen functional groups attached to an aromatic ring is 1. The van der Waals surface area contributed by atoms with Crippen LogP contribution in [0.4, 0.5) is 0 Å².